The highest BCUT2D eigenvalue weighted by Gasteiger charge is 2.18. The van der Waals surface area contributed by atoms with Crippen LogP contribution < -0.4 is 0 Å². The zero-order valence-electron chi connectivity index (χ0n) is 9.16. The predicted molar refractivity (Wildman–Crippen MR) is 59.0 cm³/mol. The molecule has 7 heteroatoms. The van der Waals surface area contributed by atoms with Crippen molar-refractivity contribution in [3.05, 3.63) is 22.7 Å². The summed E-state index contributed by atoms with van der Waals surface area (Å²) in [5.74, 6) is 0.753. The fraction of sp³-hybridized carbons (Fsp3) is 0.556. The van der Waals surface area contributed by atoms with Crippen LogP contribution in [0.5, 0.6) is 0 Å². The Balaban J connectivity index is 2.14. The van der Waals surface area contributed by atoms with Gasteiger partial charge in [0.2, 0.25) is 0 Å². The van der Waals surface area contributed by atoms with E-state index in [-0.39, 0.29) is 0 Å². The molecule has 0 aliphatic heterocycles. The van der Waals surface area contributed by atoms with E-state index in [1.807, 2.05) is 6.92 Å². The Labute approximate surface area is 97.1 Å². The predicted octanol–water partition coefficient (Wildman–Crippen LogP) is 0.505. The smallest absolute Gasteiger partial charge is 0.138 e. The van der Waals surface area contributed by atoms with Crippen LogP contribution in [0.25, 0.3) is 0 Å². The van der Waals surface area contributed by atoms with Gasteiger partial charge < -0.3 is 5.11 Å². The van der Waals surface area contributed by atoms with Crippen LogP contribution in [0.4, 0.5) is 0 Å². The molecule has 6 nitrogen and oxygen atoms in total. The summed E-state index contributed by atoms with van der Waals surface area (Å²) >= 11 is 1.24. The number of nitrogens with zero attached hydrogens (tertiary/aromatic N) is 5. The molecule has 2 aromatic rings. The molecule has 1 atom stereocenters. The average Bonchev–Trinajstić information content (AvgIpc) is 2.87. The van der Waals surface area contributed by atoms with Crippen LogP contribution in [0.3, 0.4) is 0 Å². The van der Waals surface area contributed by atoms with E-state index in [9.17, 15) is 5.11 Å². The summed E-state index contributed by atoms with van der Waals surface area (Å²) in [7, 11) is 1.81. The van der Waals surface area contributed by atoms with E-state index < -0.39 is 6.10 Å². The molecule has 0 saturated carbocycles. The first-order valence-electron chi connectivity index (χ1n) is 5.04. The van der Waals surface area contributed by atoms with Crippen molar-refractivity contribution >= 4 is 11.5 Å². The van der Waals surface area contributed by atoms with Crippen LogP contribution in [0.2, 0.25) is 0 Å². The summed E-state index contributed by atoms with van der Waals surface area (Å²) in [6.45, 7) is 2.00. The Morgan fingerprint density at radius 3 is 3.00 bits per heavy atom. The molecule has 0 amide bonds. The van der Waals surface area contributed by atoms with Crippen LogP contribution in [0.1, 0.15) is 29.4 Å². The van der Waals surface area contributed by atoms with Crippen LogP contribution in [-0.2, 0) is 19.9 Å². The first kappa shape index (κ1) is 11.2. The van der Waals surface area contributed by atoms with E-state index >= 15 is 0 Å². The van der Waals surface area contributed by atoms with Crippen molar-refractivity contribution in [1.82, 2.24) is 24.4 Å². The summed E-state index contributed by atoms with van der Waals surface area (Å²) < 4.78 is 5.51. The molecular formula is C9H13N5OS. The van der Waals surface area contributed by atoms with Crippen LogP contribution in [0.15, 0.2) is 6.33 Å². The highest BCUT2D eigenvalue weighted by Crippen LogP contribution is 2.23. The van der Waals surface area contributed by atoms with Crippen molar-refractivity contribution < 1.29 is 5.11 Å². The maximum atomic E-state index is 10.1. The van der Waals surface area contributed by atoms with E-state index in [2.05, 4.69) is 19.7 Å². The number of aryl methyl sites for hydroxylation is 2. The number of hydrogen-bond acceptors (Lipinski definition) is 6. The van der Waals surface area contributed by atoms with Crippen molar-refractivity contribution in [2.24, 2.45) is 7.05 Å². The third-order valence-corrected chi connectivity index (χ3v) is 3.27. The number of hydrogen-bond donors (Lipinski definition) is 1. The zero-order valence-corrected chi connectivity index (χ0v) is 9.98. The third kappa shape index (κ3) is 2.10. The average molecular weight is 239 g/mol. The Bertz CT molecular complexity index is 466. The molecule has 0 fully saturated rings. The Kier molecular flexibility index (Phi) is 3.25. The molecule has 1 N–H and O–H groups in total. The van der Waals surface area contributed by atoms with Crippen molar-refractivity contribution in [3.8, 4) is 0 Å². The molecule has 2 heterocycles. The minimum atomic E-state index is -0.599. The molecule has 0 aliphatic rings. The second-order valence-corrected chi connectivity index (χ2v) is 4.24. The SMILES string of the molecule is CCc1nnsc1C(O)Cc1ncnn1C. The molecule has 0 radical (unpaired) electrons. The molecule has 0 bridgehead atoms. The van der Waals surface area contributed by atoms with Gasteiger partial charge in [0.15, 0.2) is 0 Å². The van der Waals surface area contributed by atoms with E-state index in [1.165, 1.54) is 17.9 Å². The Morgan fingerprint density at radius 2 is 2.38 bits per heavy atom. The van der Waals surface area contributed by atoms with Crippen molar-refractivity contribution in [3.63, 3.8) is 0 Å². The van der Waals surface area contributed by atoms with Gasteiger partial charge in [-0.25, -0.2) is 4.98 Å². The van der Waals surface area contributed by atoms with Gasteiger partial charge in [-0.05, 0) is 18.0 Å². The van der Waals surface area contributed by atoms with Gasteiger partial charge in [0, 0.05) is 13.5 Å². The van der Waals surface area contributed by atoms with E-state index in [0.29, 0.717) is 6.42 Å². The second-order valence-electron chi connectivity index (χ2n) is 3.46. The Hall–Kier alpha value is -1.34. The summed E-state index contributed by atoms with van der Waals surface area (Å²) in [6, 6.07) is 0. The maximum Gasteiger partial charge on any atom is 0.138 e. The fourth-order valence-electron chi connectivity index (χ4n) is 1.48. The zero-order chi connectivity index (χ0) is 11.5. The largest absolute Gasteiger partial charge is 0.387 e. The van der Waals surface area contributed by atoms with Gasteiger partial charge in [-0.15, -0.1) is 5.10 Å². The Morgan fingerprint density at radius 1 is 1.56 bits per heavy atom. The van der Waals surface area contributed by atoms with Crippen LogP contribution in [-0.4, -0.2) is 29.5 Å². The van der Waals surface area contributed by atoms with Gasteiger partial charge in [-0.3, -0.25) is 4.68 Å². The fourth-order valence-corrected chi connectivity index (χ4v) is 2.21. The topological polar surface area (TPSA) is 76.7 Å². The molecule has 2 rings (SSSR count). The molecule has 2 aromatic heterocycles. The van der Waals surface area contributed by atoms with Gasteiger partial charge >= 0.3 is 0 Å². The highest BCUT2D eigenvalue weighted by atomic mass is 32.1. The van der Waals surface area contributed by atoms with Gasteiger partial charge in [0.1, 0.15) is 12.2 Å². The molecular weight excluding hydrogens is 226 g/mol. The summed E-state index contributed by atoms with van der Waals surface area (Å²) in [4.78, 5) is 4.90. The molecule has 1 unspecified atom stereocenters. The first-order chi connectivity index (χ1) is 7.72. The molecule has 0 saturated heterocycles. The maximum absolute atomic E-state index is 10.1. The summed E-state index contributed by atoms with van der Waals surface area (Å²) in [6.07, 6.45) is 2.10. The lowest BCUT2D eigenvalue weighted by atomic mass is 10.1. The monoisotopic (exact) mass is 239 g/mol. The minimum Gasteiger partial charge on any atom is -0.387 e. The molecule has 0 aromatic carbocycles. The molecule has 0 spiro atoms. The highest BCUT2D eigenvalue weighted by molar-refractivity contribution is 7.05. The van der Waals surface area contributed by atoms with Crippen LogP contribution in [0, 0.1) is 0 Å². The lowest BCUT2D eigenvalue weighted by molar-refractivity contribution is 0.177. The number of aliphatic hydroxyl groups is 1. The third-order valence-electron chi connectivity index (χ3n) is 2.40. The van der Waals surface area contributed by atoms with Gasteiger partial charge in [-0.2, -0.15) is 5.10 Å². The quantitative estimate of drug-likeness (QED) is 0.841. The van der Waals surface area contributed by atoms with Gasteiger partial charge in [0.05, 0.1) is 16.7 Å². The standard InChI is InChI=1S/C9H13N5OS/c1-3-6-9(16-13-12-6)7(15)4-8-10-5-11-14(8)2/h5,7,15H,3-4H2,1-2H3. The first-order valence-corrected chi connectivity index (χ1v) is 5.81. The van der Waals surface area contributed by atoms with Gasteiger partial charge in [0.25, 0.3) is 0 Å². The van der Waals surface area contributed by atoms with Crippen LogP contribution >= 0.6 is 11.5 Å². The molecule has 0 aliphatic carbocycles. The van der Waals surface area contributed by atoms with E-state index in [1.54, 1.807) is 11.7 Å². The normalized spacial score (nSPS) is 12.9. The number of aromatic nitrogens is 5. The molecule has 16 heavy (non-hydrogen) atoms. The van der Waals surface area contributed by atoms with E-state index in [4.69, 9.17) is 0 Å². The van der Waals surface area contributed by atoms with E-state index in [0.717, 1.165) is 22.8 Å². The van der Waals surface area contributed by atoms with Gasteiger partial charge in [-0.1, -0.05) is 11.4 Å². The number of aliphatic hydroxyl groups excluding tert-OH is 1. The molecule has 86 valence electrons. The lowest BCUT2D eigenvalue weighted by Crippen LogP contribution is -2.08. The summed E-state index contributed by atoms with van der Waals surface area (Å²) in [5.41, 5.74) is 0.861. The van der Waals surface area contributed by atoms with Crippen molar-refractivity contribution in [1.29, 1.82) is 0 Å². The van der Waals surface area contributed by atoms with Crippen molar-refractivity contribution in [2.75, 3.05) is 0 Å². The second kappa shape index (κ2) is 4.67. The number of rotatable bonds is 4. The summed E-state index contributed by atoms with van der Waals surface area (Å²) in [5, 5.41) is 18.0. The lowest BCUT2D eigenvalue weighted by Gasteiger charge is -2.08. The van der Waals surface area contributed by atoms with Crippen molar-refractivity contribution in [2.45, 2.75) is 25.9 Å². The minimum absolute atomic E-state index is 0.438.